The number of nitrogens with one attached hydrogen (secondary N) is 1. The highest BCUT2D eigenvalue weighted by molar-refractivity contribution is 6.33. The minimum Gasteiger partial charge on any atom is -0.467 e. The van der Waals surface area contributed by atoms with Gasteiger partial charge in [-0.1, -0.05) is 11.6 Å². The first-order valence-electron chi connectivity index (χ1n) is 7.11. The average molecular weight is 375 g/mol. The van der Waals surface area contributed by atoms with Crippen LogP contribution in [0.4, 0.5) is 18.9 Å². The van der Waals surface area contributed by atoms with E-state index >= 15 is 0 Å². The lowest BCUT2D eigenvalue weighted by molar-refractivity contribution is -0.137. The van der Waals surface area contributed by atoms with Gasteiger partial charge in [-0.15, -0.1) is 0 Å². The van der Waals surface area contributed by atoms with Crippen molar-refractivity contribution in [3.63, 3.8) is 0 Å². The number of carbonyl (C=O) groups excluding carboxylic acids is 2. The molecule has 0 aliphatic rings. The number of rotatable bonds is 5. The maximum atomic E-state index is 12.7. The highest BCUT2D eigenvalue weighted by atomic mass is 35.5. The van der Waals surface area contributed by atoms with Gasteiger partial charge in [0.1, 0.15) is 12.3 Å². The number of furan rings is 1. The largest absolute Gasteiger partial charge is 0.467 e. The van der Waals surface area contributed by atoms with E-state index in [1.54, 1.807) is 12.1 Å². The van der Waals surface area contributed by atoms with E-state index in [0.717, 1.165) is 18.2 Å². The second-order valence-corrected chi connectivity index (χ2v) is 5.60. The van der Waals surface area contributed by atoms with Gasteiger partial charge in [-0.3, -0.25) is 9.59 Å². The lowest BCUT2D eigenvalue weighted by Crippen LogP contribution is -2.36. The molecular formula is C16H14ClF3N2O3. The van der Waals surface area contributed by atoms with E-state index in [0.29, 0.717) is 5.76 Å². The van der Waals surface area contributed by atoms with Crippen molar-refractivity contribution in [1.29, 1.82) is 0 Å². The Bertz CT molecular complexity index is 760. The zero-order valence-corrected chi connectivity index (χ0v) is 13.8. The van der Waals surface area contributed by atoms with Gasteiger partial charge in [0.25, 0.3) is 0 Å². The number of amides is 2. The Labute approximate surface area is 146 Å². The van der Waals surface area contributed by atoms with Crippen LogP contribution in [0.25, 0.3) is 0 Å². The van der Waals surface area contributed by atoms with Gasteiger partial charge in [-0.05, 0) is 30.3 Å². The molecule has 1 aromatic heterocycles. The van der Waals surface area contributed by atoms with Gasteiger partial charge in [0.05, 0.1) is 29.1 Å². The summed E-state index contributed by atoms with van der Waals surface area (Å²) in [6, 6.07) is 5.88. The quantitative estimate of drug-likeness (QED) is 0.862. The molecule has 2 amide bonds. The van der Waals surface area contributed by atoms with Crippen LogP contribution in [0.15, 0.2) is 41.0 Å². The van der Waals surface area contributed by atoms with E-state index in [-0.39, 0.29) is 29.7 Å². The van der Waals surface area contributed by atoms with Crippen LogP contribution in [0, 0.1) is 0 Å². The van der Waals surface area contributed by atoms with Crippen molar-refractivity contribution in [1.82, 2.24) is 4.90 Å². The second kappa shape index (κ2) is 7.60. The van der Waals surface area contributed by atoms with Crippen LogP contribution in [0.1, 0.15) is 18.2 Å². The third-order valence-corrected chi connectivity index (χ3v) is 3.60. The first-order chi connectivity index (χ1) is 11.7. The van der Waals surface area contributed by atoms with Crippen LogP contribution in [0.3, 0.4) is 0 Å². The first-order valence-corrected chi connectivity index (χ1v) is 7.49. The molecule has 1 aromatic carbocycles. The van der Waals surface area contributed by atoms with Crippen LogP contribution in [-0.2, 0) is 22.3 Å². The molecule has 0 spiro atoms. The number of anilines is 1. The van der Waals surface area contributed by atoms with Crippen LogP contribution >= 0.6 is 11.6 Å². The normalized spacial score (nSPS) is 11.2. The monoisotopic (exact) mass is 374 g/mol. The standard InChI is InChI=1S/C16H14ClF3N2O3/c1-10(23)22(8-12-3-2-6-25-12)9-15(24)21-14-7-11(16(18,19)20)4-5-13(14)17/h2-7H,8-9H2,1H3,(H,21,24). The summed E-state index contributed by atoms with van der Waals surface area (Å²) in [4.78, 5) is 24.9. The Morgan fingerprint density at radius 2 is 2.00 bits per heavy atom. The van der Waals surface area contributed by atoms with Crippen molar-refractivity contribution in [2.45, 2.75) is 19.6 Å². The summed E-state index contributed by atoms with van der Waals surface area (Å²) in [6.07, 6.45) is -3.13. The number of nitrogens with zero attached hydrogens (tertiary/aromatic N) is 1. The molecular weight excluding hydrogens is 361 g/mol. The van der Waals surface area contributed by atoms with Gasteiger partial charge in [-0.2, -0.15) is 13.2 Å². The van der Waals surface area contributed by atoms with Gasteiger partial charge >= 0.3 is 6.18 Å². The van der Waals surface area contributed by atoms with E-state index in [1.165, 1.54) is 18.1 Å². The van der Waals surface area contributed by atoms with Crippen molar-refractivity contribution < 1.29 is 27.2 Å². The van der Waals surface area contributed by atoms with E-state index < -0.39 is 17.6 Å². The molecule has 1 heterocycles. The van der Waals surface area contributed by atoms with Gasteiger partial charge < -0.3 is 14.6 Å². The highest BCUT2D eigenvalue weighted by Gasteiger charge is 2.31. The number of benzene rings is 1. The van der Waals surface area contributed by atoms with E-state index in [2.05, 4.69) is 5.32 Å². The summed E-state index contributed by atoms with van der Waals surface area (Å²) in [6.45, 7) is 0.974. The lowest BCUT2D eigenvalue weighted by Gasteiger charge is -2.19. The minimum atomic E-state index is -4.56. The Morgan fingerprint density at radius 3 is 2.56 bits per heavy atom. The molecule has 0 saturated heterocycles. The molecule has 0 aliphatic heterocycles. The smallest absolute Gasteiger partial charge is 0.416 e. The van der Waals surface area contributed by atoms with Crippen LogP contribution in [0.5, 0.6) is 0 Å². The minimum absolute atomic E-state index is 0.0400. The van der Waals surface area contributed by atoms with Crippen molar-refractivity contribution >= 4 is 29.1 Å². The fraction of sp³-hybridized carbons (Fsp3) is 0.250. The Hall–Kier alpha value is -2.48. The molecule has 25 heavy (non-hydrogen) atoms. The number of carbonyl (C=O) groups is 2. The zero-order chi connectivity index (χ0) is 18.6. The summed E-state index contributed by atoms with van der Waals surface area (Å²) in [7, 11) is 0. The molecule has 2 aromatic rings. The predicted octanol–water partition coefficient (Wildman–Crippen LogP) is 3.94. The number of hydrogen-bond acceptors (Lipinski definition) is 3. The molecule has 2 rings (SSSR count). The third-order valence-electron chi connectivity index (χ3n) is 3.27. The highest BCUT2D eigenvalue weighted by Crippen LogP contribution is 2.33. The number of hydrogen-bond donors (Lipinski definition) is 1. The van der Waals surface area contributed by atoms with Crippen LogP contribution < -0.4 is 5.32 Å². The van der Waals surface area contributed by atoms with Gasteiger partial charge in [0.2, 0.25) is 11.8 Å². The predicted molar refractivity (Wildman–Crippen MR) is 84.9 cm³/mol. The van der Waals surface area contributed by atoms with Crippen molar-refractivity contribution in [2.24, 2.45) is 0 Å². The maximum Gasteiger partial charge on any atom is 0.416 e. The molecule has 0 aliphatic carbocycles. The molecule has 5 nitrogen and oxygen atoms in total. The van der Waals surface area contributed by atoms with Crippen LogP contribution in [0.2, 0.25) is 5.02 Å². The van der Waals surface area contributed by atoms with Crippen molar-refractivity contribution in [3.8, 4) is 0 Å². The molecule has 9 heteroatoms. The second-order valence-electron chi connectivity index (χ2n) is 5.20. The first kappa shape index (κ1) is 18.9. The summed E-state index contributed by atoms with van der Waals surface area (Å²) >= 11 is 5.83. The molecule has 0 unspecified atom stereocenters. The zero-order valence-electron chi connectivity index (χ0n) is 13.1. The number of alkyl halides is 3. The Kier molecular flexibility index (Phi) is 5.73. The molecule has 134 valence electrons. The fourth-order valence-corrected chi connectivity index (χ4v) is 2.19. The molecule has 0 radical (unpaired) electrons. The maximum absolute atomic E-state index is 12.7. The van der Waals surface area contributed by atoms with Crippen molar-refractivity contribution in [2.75, 3.05) is 11.9 Å². The Balaban J connectivity index is 2.09. The summed E-state index contributed by atoms with van der Waals surface area (Å²) in [5.74, 6) is -0.593. The van der Waals surface area contributed by atoms with Gasteiger partial charge in [0.15, 0.2) is 0 Å². The number of halogens is 4. The summed E-state index contributed by atoms with van der Waals surface area (Å²) in [5.41, 5.74) is -1.12. The molecule has 0 bridgehead atoms. The van der Waals surface area contributed by atoms with E-state index in [4.69, 9.17) is 16.0 Å². The van der Waals surface area contributed by atoms with Gasteiger partial charge in [0, 0.05) is 6.92 Å². The Morgan fingerprint density at radius 1 is 1.28 bits per heavy atom. The molecule has 0 saturated carbocycles. The third kappa shape index (κ3) is 5.25. The van der Waals surface area contributed by atoms with E-state index in [1.807, 2.05) is 0 Å². The fourth-order valence-electron chi connectivity index (χ4n) is 2.03. The molecule has 1 N–H and O–H groups in total. The topological polar surface area (TPSA) is 62.6 Å². The van der Waals surface area contributed by atoms with Crippen LogP contribution in [-0.4, -0.2) is 23.3 Å². The average Bonchev–Trinajstić information content (AvgIpc) is 3.00. The van der Waals surface area contributed by atoms with Gasteiger partial charge in [-0.25, -0.2) is 0 Å². The lowest BCUT2D eigenvalue weighted by atomic mass is 10.2. The summed E-state index contributed by atoms with van der Waals surface area (Å²) in [5, 5.41) is 2.25. The summed E-state index contributed by atoms with van der Waals surface area (Å²) < 4.78 is 43.4. The SMILES string of the molecule is CC(=O)N(CC(=O)Nc1cc(C(F)(F)F)ccc1Cl)Cc1ccco1. The van der Waals surface area contributed by atoms with Crippen molar-refractivity contribution in [3.05, 3.63) is 52.9 Å². The molecule has 0 atom stereocenters. The van der Waals surface area contributed by atoms with E-state index in [9.17, 15) is 22.8 Å². The molecule has 0 fully saturated rings.